The molecule has 5 nitrogen and oxygen atoms in total. The number of nitrogens with zero attached hydrogens (tertiary/aromatic N) is 1. The van der Waals surface area contributed by atoms with Gasteiger partial charge in [-0.3, -0.25) is 4.79 Å². The van der Waals surface area contributed by atoms with Gasteiger partial charge in [-0.15, -0.1) is 0 Å². The number of anilines is 1. The second-order valence-electron chi connectivity index (χ2n) is 8.60. The third-order valence-electron chi connectivity index (χ3n) is 6.04. The maximum absolute atomic E-state index is 13.2. The van der Waals surface area contributed by atoms with Crippen LogP contribution in [-0.2, 0) is 0 Å². The molecule has 1 heterocycles. The maximum Gasteiger partial charge on any atom is 0.197 e. The first-order valence-corrected chi connectivity index (χ1v) is 12.3. The van der Waals surface area contributed by atoms with Gasteiger partial charge in [0.05, 0.1) is 12.2 Å². The molecule has 0 spiro atoms. The fraction of sp³-hybridized carbons (Fsp3) is 0.464. The molecule has 0 bridgehead atoms. The zero-order valence-electron chi connectivity index (χ0n) is 20.6. The summed E-state index contributed by atoms with van der Waals surface area (Å²) in [6.45, 7) is 10.4. The van der Waals surface area contributed by atoms with E-state index in [-0.39, 0.29) is 5.78 Å². The van der Waals surface area contributed by atoms with Crippen molar-refractivity contribution in [2.24, 2.45) is 0 Å². The van der Waals surface area contributed by atoms with Gasteiger partial charge in [-0.2, -0.15) is 0 Å². The molecule has 0 saturated carbocycles. The number of carbonyl (C=O) groups is 1. The predicted octanol–water partition coefficient (Wildman–Crippen LogP) is 6.69. The minimum absolute atomic E-state index is 0.0338. The summed E-state index contributed by atoms with van der Waals surface area (Å²) in [5.41, 5.74) is 2.93. The molecule has 2 aromatic carbocycles. The first-order valence-electron chi connectivity index (χ1n) is 12.3. The largest absolute Gasteiger partial charge is 0.494 e. The van der Waals surface area contributed by atoms with Crippen molar-refractivity contribution in [1.82, 2.24) is 4.90 Å². The third-order valence-corrected chi connectivity index (χ3v) is 6.04. The zero-order chi connectivity index (χ0) is 23.6. The quantitative estimate of drug-likeness (QED) is 0.219. The summed E-state index contributed by atoms with van der Waals surface area (Å²) in [4.78, 5) is 15.8. The van der Waals surface area contributed by atoms with Crippen molar-refractivity contribution >= 4 is 22.4 Å². The Morgan fingerprint density at radius 2 is 1.64 bits per heavy atom. The molecular weight excluding hydrogens is 412 g/mol. The van der Waals surface area contributed by atoms with Gasteiger partial charge < -0.3 is 19.4 Å². The van der Waals surface area contributed by atoms with Crippen LogP contribution < -0.4 is 10.1 Å². The highest BCUT2D eigenvalue weighted by molar-refractivity contribution is 6.17. The van der Waals surface area contributed by atoms with Crippen LogP contribution in [0, 0.1) is 6.92 Å². The Balaban J connectivity index is 1.58. The molecule has 0 aliphatic heterocycles. The fourth-order valence-electron chi connectivity index (χ4n) is 4.08. The van der Waals surface area contributed by atoms with Crippen molar-refractivity contribution in [3.8, 4) is 5.75 Å². The molecule has 5 heteroatoms. The average Bonchev–Trinajstić information content (AvgIpc) is 3.17. The zero-order valence-corrected chi connectivity index (χ0v) is 20.6. The molecule has 0 radical (unpaired) electrons. The van der Waals surface area contributed by atoms with E-state index in [4.69, 9.17) is 9.15 Å². The summed E-state index contributed by atoms with van der Waals surface area (Å²) < 4.78 is 11.8. The van der Waals surface area contributed by atoms with Crippen LogP contribution >= 0.6 is 0 Å². The molecule has 3 rings (SSSR count). The fourth-order valence-corrected chi connectivity index (χ4v) is 4.08. The second kappa shape index (κ2) is 12.4. The monoisotopic (exact) mass is 450 g/mol. The van der Waals surface area contributed by atoms with E-state index in [2.05, 4.69) is 24.1 Å². The van der Waals surface area contributed by atoms with Crippen LogP contribution in [0.5, 0.6) is 5.75 Å². The van der Waals surface area contributed by atoms with Crippen LogP contribution in [0.4, 0.5) is 5.69 Å². The Bertz CT molecular complexity index is 1020. The van der Waals surface area contributed by atoms with E-state index in [9.17, 15) is 4.79 Å². The number of rotatable bonds is 14. The lowest BCUT2D eigenvalue weighted by Gasteiger charge is -2.21. The summed E-state index contributed by atoms with van der Waals surface area (Å²) in [6, 6.07) is 13.2. The molecule has 0 saturated heterocycles. The van der Waals surface area contributed by atoms with Gasteiger partial charge in [-0.05, 0) is 81.7 Å². The first kappa shape index (κ1) is 24.8. The number of nitrogens with one attached hydrogen (secondary N) is 1. The van der Waals surface area contributed by atoms with Gasteiger partial charge in [-0.25, -0.2) is 0 Å². The SMILES string of the molecule is CCCCN(CCCC)CCCOc1ccc(C(=O)c2c(C)oc3ccc(NC)cc23)cc1. The summed E-state index contributed by atoms with van der Waals surface area (Å²) >= 11 is 0. The summed E-state index contributed by atoms with van der Waals surface area (Å²) in [6.07, 6.45) is 5.97. The molecule has 0 amide bonds. The van der Waals surface area contributed by atoms with Crippen molar-refractivity contribution < 1.29 is 13.9 Å². The number of fused-ring (bicyclic) bond motifs is 1. The molecule has 178 valence electrons. The Kier molecular flexibility index (Phi) is 9.37. The van der Waals surface area contributed by atoms with Crippen molar-refractivity contribution in [1.29, 1.82) is 0 Å². The van der Waals surface area contributed by atoms with Gasteiger partial charge in [-0.1, -0.05) is 26.7 Å². The molecule has 3 aromatic rings. The lowest BCUT2D eigenvalue weighted by Crippen LogP contribution is -2.28. The van der Waals surface area contributed by atoms with Crippen LogP contribution in [0.15, 0.2) is 46.9 Å². The molecule has 1 N–H and O–H groups in total. The Labute approximate surface area is 198 Å². The Morgan fingerprint density at radius 1 is 0.970 bits per heavy atom. The smallest absolute Gasteiger partial charge is 0.197 e. The van der Waals surface area contributed by atoms with Gasteiger partial charge >= 0.3 is 0 Å². The normalized spacial score (nSPS) is 11.3. The van der Waals surface area contributed by atoms with Crippen molar-refractivity contribution in [3.63, 3.8) is 0 Å². The summed E-state index contributed by atoms with van der Waals surface area (Å²) in [5, 5.41) is 3.95. The minimum Gasteiger partial charge on any atom is -0.494 e. The molecule has 0 fully saturated rings. The molecule has 0 aliphatic rings. The minimum atomic E-state index is -0.0338. The molecular formula is C28H38N2O3. The van der Waals surface area contributed by atoms with Gasteiger partial charge in [0.1, 0.15) is 17.1 Å². The molecule has 0 aliphatic carbocycles. The van der Waals surface area contributed by atoms with Gasteiger partial charge in [0.25, 0.3) is 0 Å². The van der Waals surface area contributed by atoms with E-state index < -0.39 is 0 Å². The standard InChI is InChI=1S/C28H38N2O3/c1-5-7-16-30(17-8-6-2)18-9-19-32-24-13-10-22(11-14-24)28(31)27-21(3)33-26-15-12-23(29-4)20-25(26)27/h10-15,20,29H,5-9,16-19H2,1-4H3. The number of aryl methyl sites for hydroxylation is 1. The molecule has 1 aromatic heterocycles. The van der Waals surface area contributed by atoms with Crippen LogP contribution in [0.2, 0.25) is 0 Å². The van der Waals surface area contributed by atoms with Crippen LogP contribution in [0.1, 0.15) is 67.6 Å². The van der Waals surface area contributed by atoms with Gasteiger partial charge in [0, 0.05) is 30.2 Å². The number of ketones is 1. The lowest BCUT2D eigenvalue weighted by atomic mass is 10.00. The van der Waals surface area contributed by atoms with Crippen molar-refractivity contribution in [3.05, 3.63) is 59.4 Å². The van der Waals surface area contributed by atoms with Gasteiger partial charge in [0.2, 0.25) is 0 Å². The summed E-state index contributed by atoms with van der Waals surface area (Å²) in [7, 11) is 1.86. The number of hydrogen-bond acceptors (Lipinski definition) is 5. The molecule has 33 heavy (non-hydrogen) atoms. The number of carbonyl (C=O) groups excluding carboxylic acids is 1. The highest BCUT2D eigenvalue weighted by Gasteiger charge is 2.20. The number of hydrogen-bond donors (Lipinski definition) is 1. The summed E-state index contributed by atoms with van der Waals surface area (Å²) in [5.74, 6) is 1.40. The number of benzene rings is 2. The molecule has 0 atom stereocenters. The van der Waals surface area contributed by atoms with E-state index in [1.807, 2.05) is 56.4 Å². The van der Waals surface area contributed by atoms with E-state index in [0.717, 1.165) is 35.4 Å². The highest BCUT2D eigenvalue weighted by Crippen LogP contribution is 2.30. The molecule has 0 unspecified atom stereocenters. The maximum atomic E-state index is 13.2. The second-order valence-corrected chi connectivity index (χ2v) is 8.60. The number of furan rings is 1. The van der Waals surface area contributed by atoms with Crippen LogP contribution in [0.25, 0.3) is 11.0 Å². The van der Waals surface area contributed by atoms with Gasteiger partial charge in [0.15, 0.2) is 5.78 Å². The van der Waals surface area contributed by atoms with E-state index in [1.54, 1.807) is 0 Å². The van der Waals surface area contributed by atoms with Crippen LogP contribution in [-0.4, -0.2) is 44.0 Å². The third kappa shape index (κ3) is 6.61. The van der Waals surface area contributed by atoms with E-state index >= 15 is 0 Å². The Morgan fingerprint density at radius 3 is 2.27 bits per heavy atom. The van der Waals surface area contributed by atoms with E-state index in [0.29, 0.717) is 23.5 Å². The topological polar surface area (TPSA) is 54.7 Å². The highest BCUT2D eigenvalue weighted by atomic mass is 16.5. The van der Waals surface area contributed by atoms with E-state index in [1.165, 1.54) is 38.8 Å². The Hall–Kier alpha value is -2.79. The van der Waals surface area contributed by atoms with Crippen molar-refractivity contribution in [2.75, 3.05) is 38.6 Å². The predicted molar refractivity (Wildman–Crippen MR) is 137 cm³/mol. The first-order chi connectivity index (χ1) is 16.1. The van der Waals surface area contributed by atoms with Crippen LogP contribution in [0.3, 0.4) is 0 Å². The average molecular weight is 451 g/mol. The van der Waals surface area contributed by atoms with Crippen molar-refractivity contribution in [2.45, 2.75) is 52.9 Å². The number of ether oxygens (including phenoxy) is 1. The number of unbranched alkanes of at least 4 members (excludes halogenated alkanes) is 2. The lowest BCUT2D eigenvalue weighted by molar-refractivity contribution is 0.103.